The topological polar surface area (TPSA) is 61.9 Å². The largest absolute Gasteiger partial charge is 0.370 e. The number of piperidine rings is 1. The Hall–Kier alpha value is -2.04. The van der Waals surface area contributed by atoms with Gasteiger partial charge in [-0.15, -0.1) is 0 Å². The summed E-state index contributed by atoms with van der Waals surface area (Å²) in [6.45, 7) is 4.27. The fourth-order valence-electron chi connectivity index (χ4n) is 3.24. The van der Waals surface area contributed by atoms with E-state index in [1.807, 2.05) is 4.90 Å². The Bertz CT molecular complexity index is 561. The van der Waals surface area contributed by atoms with Crippen molar-refractivity contribution < 1.29 is 4.79 Å². The van der Waals surface area contributed by atoms with Crippen molar-refractivity contribution in [2.75, 3.05) is 19.6 Å². The summed E-state index contributed by atoms with van der Waals surface area (Å²) in [5.74, 6) is 0.935. The molecule has 2 N–H and O–H groups in total. The van der Waals surface area contributed by atoms with Crippen molar-refractivity contribution >= 4 is 11.9 Å². The monoisotopic (exact) mass is 314 g/mol. The minimum Gasteiger partial charge on any atom is -0.370 e. The molecule has 0 atom stereocenters. The van der Waals surface area contributed by atoms with E-state index in [0.29, 0.717) is 18.9 Å². The van der Waals surface area contributed by atoms with Crippen LogP contribution in [-0.4, -0.2) is 41.3 Å². The summed E-state index contributed by atoms with van der Waals surface area (Å²) in [5, 5.41) is 0. The number of guanidine groups is 1. The molecule has 2 fully saturated rings. The average molecular weight is 314 g/mol. The van der Waals surface area contributed by atoms with Crippen LogP contribution in [0.4, 0.5) is 0 Å². The third-order valence-electron chi connectivity index (χ3n) is 4.67. The molecule has 0 unspecified atom stereocenters. The molecule has 1 aromatic carbocycles. The van der Waals surface area contributed by atoms with Gasteiger partial charge < -0.3 is 15.5 Å². The predicted octanol–water partition coefficient (Wildman–Crippen LogP) is 2.11. The first kappa shape index (κ1) is 15.8. The molecule has 5 heteroatoms. The molecule has 1 aromatic rings. The molecule has 0 spiro atoms. The van der Waals surface area contributed by atoms with Gasteiger partial charge in [0.15, 0.2) is 5.96 Å². The van der Waals surface area contributed by atoms with Crippen molar-refractivity contribution in [3.05, 3.63) is 35.4 Å². The Morgan fingerprint density at radius 3 is 2.35 bits per heavy atom. The summed E-state index contributed by atoms with van der Waals surface area (Å²) in [6, 6.07) is 8.35. The standard InChI is InChI=1S/C18H26N4O/c19-18(21-10-2-1-3-11-21)20-13-15-6-8-16(9-7-15)14-22-12-4-5-17(22)23/h6-9H,1-5,10-14H2,(H2,19,20). The number of hydrogen-bond acceptors (Lipinski definition) is 2. The van der Waals surface area contributed by atoms with E-state index in [9.17, 15) is 4.79 Å². The van der Waals surface area contributed by atoms with Gasteiger partial charge in [0, 0.05) is 32.6 Å². The number of rotatable bonds is 4. The third kappa shape index (κ3) is 4.24. The second-order valence-corrected chi connectivity index (χ2v) is 6.46. The van der Waals surface area contributed by atoms with Gasteiger partial charge in [-0.25, -0.2) is 4.99 Å². The number of likely N-dealkylation sites (tertiary alicyclic amines) is 2. The van der Waals surface area contributed by atoms with E-state index in [1.54, 1.807) is 0 Å². The van der Waals surface area contributed by atoms with Gasteiger partial charge in [0.05, 0.1) is 6.54 Å². The Labute approximate surface area is 138 Å². The van der Waals surface area contributed by atoms with Gasteiger partial charge in [0.25, 0.3) is 0 Å². The maximum atomic E-state index is 11.7. The summed E-state index contributed by atoms with van der Waals surface area (Å²) < 4.78 is 0. The third-order valence-corrected chi connectivity index (χ3v) is 4.67. The fraction of sp³-hybridized carbons (Fsp3) is 0.556. The van der Waals surface area contributed by atoms with Crippen molar-refractivity contribution in [1.29, 1.82) is 0 Å². The Morgan fingerprint density at radius 1 is 1.00 bits per heavy atom. The van der Waals surface area contributed by atoms with Crippen LogP contribution in [0.5, 0.6) is 0 Å². The van der Waals surface area contributed by atoms with Crippen molar-refractivity contribution in [3.63, 3.8) is 0 Å². The second-order valence-electron chi connectivity index (χ2n) is 6.46. The average Bonchev–Trinajstić information content (AvgIpc) is 2.99. The lowest BCUT2D eigenvalue weighted by atomic mass is 10.1. The number of nitrogens with zero attached hydrogens (tertiary/aromatic N) is 3. The van der Waals surface area contributed by atoms with Crippen molar-refractivity contribution in [3.8, 4) is 0 Å². The number of amides is 1. The molecule has 124 valence electrons. The molecule has 2 saturated heterocycles. The summed E-state index contributed by atoms with van der Waals surface area (Å²) in [5.41, 5.74) is 8.41. The zero-order valence-electron chi connectivity index (χ0n) is 13.7. The number of carbonyl (C=O) groups is 1. The lowest BCUT2D eigenvalue weighted by Gasteiger charge is -2.27. The molecule has 0 saturated carbocycles. The lowest BCUT2D eigenvalue weighted by molar-refractivity contribution is -0.128. The van der Waals surface area contributed by atoms with Crippen molar-refractivity contribution in [1.82, 2.24) is 9.80 Å². The van der Waals surface area contributed by atoms with Crippen LogP contribution >= 0.6 is 0 Å². The minimum atomic E-state index is 0.271. The Morgan fingerprint density at radius 2 is 1.70 bits per heavy atom. The van der Waals surface area contributed by atoms with Gasteiger partial charge in [-0.3, -0.25) is 4.79 Å². The van der Waals surface area contributed by atoms with E-state index in [-0.39, 0.29) is 5.91 Å². The van der Waals surface area contributed by atoms with Gasteiger partial charge in [0.1, 0.15) is 0 Å². The fourth-order valence-corrected chi connectivity index (χ4v) is 3.24. The van der Waals surface area contributed by atoms with Gasteiger partial charge in [-0.2, -0.15) is 0 Å². The van der Waals surface area contributed by atoms with Crippen LogP contribution in [0.15, 0.2) is 29.3 Å². The molecule has 3 rings (SSSR count). The van der Waals surface area contributed by atoms with Crippen molar-refractivity contribution in [2.45, 2.75) is 45.2 Å². The maximum Gasteiger partial charge on any atom is 0.222 e. The number of benzene rings is 1. The first-order valence-corrected chi connectivity index (χ1v) is 8.63. The molecule has 0 aliphatic carbocycles. The van der Waals surface area contributed by atoms with Crippen LogP contribution in [-0.2, 0) is 17.9 Å². The van der Waals surface area contributed by atoms with Gasteiger partial charge in [0.2, 0.25) is 5.91 Å². The van der Waals surface area contributed by atoms with Crippen LogP contribution in [0.3, 0.4) is 0 Å². The molecule has 0 radical (unpaired) electrons. The van der Waals surface area contributed by atoms with E-state index >= 15 is 0 Å². The summed E-state index contributed by atoms with van der Waals surface area (Å²) in [6.07, 6.45) is 5.40. The Kier molecular flexibility index (Phi) is 5.16. The molecule has 5 nitrogen and oxygen atoms in total. The Balaban J connectivity index is 1.53. The van der Waals surface area contributed by atoms with E-state index < -0.39 is 0 Å². The SMILES string of the molecule is NC(=NCc1ccc(CN2CCCC2=O)cc1)N1CCCCC1. The van der Waals surface area contributed by atoms with Crippen molar-refractivity contribution in [2.24, 2.45) is 10.7 Å². The highest BCUT2D eigenvalue weighted by molar-refractivity contribution is 5.78. The van der Waals surface area contributed by atoms with Crippen LogP contribution in [0.25, 0.3) is 0 Å². The smallest absolute Gasteiger partial charge is 0.222 e. The number of aliphatic imine (C=N–C) groups is 1. The molecule has 0 bridgehead atoms. The van der Waals surface area contributed by atoms with E-state index in [0.717, 1.165) is 38.2 Å². The first-order valence-electron chi connectivity index (χ1n) is 8.63. The highest BCUT2D eigenvalue weighted by atomic mass is 16.2. The van der Waals surface area contributed by atoms with E-state index in [4.69, 9.17) is 5.73 Å². The highest BCUT2D eigenvalue weighted by Gasteiger charge is 2.19. The zero-order valence-corrected chi connectivity index (χ0v) is 13.7. The molecular formula is C18H26N4O. The van der Waals surface area contributed by atoms with Crippen LogP contribution < -0.4 is 5.73 Å². The van der Waals surface area contributed by atoms with Gasteiger partial charge in [-0.1, -0.05) is 24.3 Å². The summed E-state index contributed by atoms with van der Waals surface area (Å²) in [4.78, 5) is 20.3. The van der Waals surface area contributed by atoms with E-state index in [2.05, 4.69) is 34.2 Å². The number of carbonyl (C=O) groups excluding carboxylic acids is 1. The molecule has 0 aromatic heterocycles. The normalized spacial score (nSPS) is 19.5. The summed E-state index contributed by atoms with van der Waals surface area (Å²) in [7, 11) is 0. The molecule has 2 aliphatic heterocycles. The zero-order chi connectivity index (χ0) is 16.1. The predicted molar refractivity (Wildman–Crippen MR) is 91.8 cm³/mol. The van der Waals surface area contributed by atoms with Crippen LogP contribution in [0.2, 0.25) is 0 Å². The second kappa shape index (κ2) is 7.49. The maximum absolute atomic E-state index is 11.7. The molecule has 23 heavy (non-hydrogen) atoms. The van der Waals surface area contributed by atoms with Crippen LogP contribution in [0.1, 0.15) is 43.2 Å². The number of nitrogens with two attached hydrogens (primary N) is 1. The molecule has 2 aliphatic rings. The van der Waals surface area contributed by atoms with Crippen LogP contribution in [0, 0.1) is 0 Å². The first-order chi connectivity index (χ1) is 11.2. The quantitative estimate of drug-likeness (QED) is 0.684. The van der Waals surface area contributed by atoms with Gasteiger partial charge >= 0.3 is 0 Å². The highest BCUT2D eigenvalue weighted by Crippen LogP contribution is 2.15. The molecule has 1 amide bonds. The van der Waals surface area contributed by atoms with Gasteiger partial charge in [-0.05, 0) is 36.8 Å². The molecule has 2 heterocycles. The minimum absolute atomic E-state index is 0.271. The van der Waals surface area contributed by atoms with E-state index in [1.165, 1.54) is 24.8 Å². The summed E-state index contributed by atoms with van der Waals surface area (Å²) >= 11 is 0. The lowest BCUT2D eigenvalue weighted by Crippen LogP contribution is -2.40. The number of hydrogen-bond donors (Lipinski definition) is 1. The molecular weight excluding hydrogens is 288 g/mol.